The fraction of sp³-hybridized carbons (Fsp3) is 0.100. The van der Waals surface area contributed by atoms with Gasteiger partial charge in [-0.15, -0.1) is 11.6 Å². The molecule has 0 saturated heterocycles. The summed E-state index contributed by atoms with van der Waals surface area (Å²) in [7, 11) is 0. The van der Waals surface area contributed by atoms with Crippen LogP contribution in [0.2, 0.25) is 0 Å². The molecule has 3 amide bonds. The Labute approximate surface area is 101 Å². The van der Waals surface area contributed by atoms with Gasteiger partial charge in [-0.25, -0.2) is 9.18 Å². The Bertz CT molecular complexity index is 499. The lowest BCUT2D eigenvalue weighted by atomic mass is 10.2. The average molecular weight is 256 g/mol. The van der Waals surface area contributed by atoms with Crippen molar-refractivity contribution in [1.29, 1.82) is 5.26 Å². The molecule has 1 aromatic rings. The van der Waals surface area contributed by atoms with E-state index in [1.54, 1.807) is 6.07 Å². The van der Waals surface area contributed by atoms with Gasteiger partial charge in [-0.1, -0.05) is 6.07 Å². The number of nitriles is 1. The van der Waals surface area contributed by atoms with Crippen LogP contribution >= 0.6 is 11.6 Å². The van der Waals surface area contributed by atoms with Crippen LogP contribution < -0.4 is 10.6 Å². The molecule has 5 nitrogen and oxygen atoms in total. The van der Waals surface area contributed by atoms with Gasteiger partial charge >= 0.3 is 6.03 Å². The summed E-state index contributed by atoms with van der Waals surface area (Å²) in [5.74, 6) is -1.82. The van der Waals surface area contributed by atoms with Crippen molar-refractivity contribution in [3.63, 3.8) is 0 Å². The number of hydrogen-bond acceptors (Lipinski definition) is 3. The Morgan fingerprint density at radius 2 is 2.18 bits per heavy atom. The summed E-state index contributed by atoms with van der Waals surface area (Å²) in [5, 5.41) is 12.8. The molecule has 0 aromatic heterocycles. The molecule has 0 saturated carbocycles. The molecule has 0 aliphatic heterocycles. The van der Waals surface area contributed by atoms with Crippen molar-refractivity contribution in [2.45, 2.75) is 0 Å². The molecule has 0 radical (unpaired) electrons. The van der Waals surface area contributed by atoms with Gasteiger partial charge in [0, 0.05) is 0 Å². The van der Waals surface area contributed by atoms with E-state index in [0.29, 0.717) is 0 Å². The minimum atomic E-state index is -0.877. The van der Waals surface area contributed by atoms with Crippen LogP contribution in [0, 0.1) is 17.1 Å². The number of alkyl halides is 1. The fourth-order valence-electron chi connectivity index (χ4n) is 1.06. The van der Waals surface area contributed by atoms with Crippen LogP contribution in [-0.2, 0) is 4.79 Å². The molecular formula is C10H7ClFN3O2. The van der Waals surface area contributed by atoms with Crippen LogP contribution in [0.4, 0.5) is 14.9 Å². The maximum atomic E-state index is 13.1. The Balaban J connectivity index is 2.83. The molecule has 7 heteroatoms. The van der Waals surface area contributed by atoms with E-state index < -0.39 is 17.8 Å². The normalized spacial score (nSPS) is 9.24. The summed E-state index contributed by atoms with van der Waals surface area (Å²) < 4.78 is 13.1. The van der Waals surface area contributed by atoms with Crippen molar-refractivity contribution in [2.24, 2.45) is 0 Å². The van der Waals surface area contributed by atoms with E-state index in [1.807, 2.05) is 5.32 Å². The zero-order valence-corrected chi connectivity index (χ0v) is 9.21. The van der Waals surface area contributed by atoms with Crippen molar-refractivity contribution >= 4 is 29.2 Å². The molecule has 0 fully saturated rings. The van der Waals surface area contributed by atoms with Crippen LogP contribution in [0.3, 0.4) is 0 Å². The van der Waals surface area contributed by atoms with E-state index in [9.17, 15) is 14.0 Å². The first-order valence-electron chi connectivity index (χ1n) is 4.44. The van der Waals surface area contributed by atoms with E-state index in [-0.39, 0.29) is 17.1 Å². The summed E-state index contributed by atoms with van der Waals surface area (Å²) in [4.78, 5) is 22.0. The second-order valence-corrected chi connectivity index (χ2v) is 3.18. The van der Waals surface area contributed by atoms with Gasteiger partial charge < -0.3 is 5.32 Å². The molecule has 17 heavy (non-hydrogen) atoms. The number of nitrogens with zero attached hydrogens (tertiary/aromatic N) is 1. The van der Waals surface area contributed by atoms with Crippen LogP contribution in [0.1, 0.15) is 5.56 Å². The second kappa shape index (κ2) is 5.82. The lowest BCUT2D eigenvalue weighted by molar-refractivity contribution is -0.117. The predicted octanol–water partition coefficient (Wildman–Crippen LogP) is 1.58. The minimum absolute atomic E-state index is 0.0210. The van der Waals surface area contributed by atoms with Crippen LogP contribution in [0.25, 0.3) is 0 Å². The van der Waals surface area contributed by atoms with Gasteiger partial charge in [-0.3, -0.25) is 10.1 Å². The number of carbonyl (C=O) groups is 2. The first-order valence-corrected chi connectivity index (χ1v) is 4.97. The Morgan fingerprint density at radius 3 is 2.76 bits per heavy atom. The number of benzene rings is 1. The monoisotopic (exact) mass is 255 g/mol. The number of nitrogens with one attached hydrogen (secondary N) is 2. The number of imide groups is 1. The van der Waals surface area contributed by atoms with Gasteiger partial charge in [0.05, 0.1) is 5.69 Å². The number of hydrogen-bond donors (Lipinski definition) is 2. The minimum Gasteiger partial charge on any atom is -0.306 e. The van der Waals surface area contributed by atoms with Crippen LogP contribution in [0.15, 0.2) is 18.2 Å². The third kappa shape index (κ3) is 3.43. The molecule has 2 N–H and O–H groups in total. The average Bonchev–Trinajstić information content (AvgIpc) is 2.29. The van der Waals surface area contributed by atoms with E-state index in [2.05, 4.69) is 5.32 Å². The summed E-state index contributed by atoms with van der Waals surface area (Å²) >= 11 is 5.18. The lowest BCUT2D eigenvalue weighted by Gasteiger charge is -2.07. The standard InChI is InChI=1S/C10H7ClFN3O2/c11-4-9(16)15-10(17)14-8-3-1-2-7(12)6(8)5-13/h1-3H,4H2,(H2,14,15,16,17). The number of urea groups is 1. The van der Waals surface area contributed by atoms with Crippen molar-refractivity contribution in [1.82, 2.24) is 5.32 Å². The number of anilines is 1. The number of carbonyl (C=O) groups excluding carboxylic acids is 2. The Morgan fingerprint density at radius 1 is 1.47 bits per heavy atom. The Hall–Kier alpha value is -2.13. The molecule has 0 heterocycles. The summed E-state index contributed by atoms with van der Waals surface area (Å²) in [6.07, 6.45) is 0. The fourth-order valence-corrected chi connectivity index (χ4v) is 1.12. The van der Waals surface area contributed by atoms with E-state index in [4.69, 9.17) is 16.9 Å². The molecule has 0 aliphatic carbocycles. The summed E-state index contributed by atoms with van der Waals surface area (Å²) in [6, 6.07) is 4.49. The highest BCUT2D eigenvalue weighted by atomic mass is 35.5. The van der Waals surface area contributed by atoms with Gasteiger partial charge in [0.2, 0.25) is 5.91 Å². The zero-order chi connectivity index (χ0) is 12.8. The summed E-state index contributed by atoms with van der Waals surface area (Å²) in [5.41, 5.74) is -0.326. The third-order valence-corrected chi connectivity index (χ3v) is 1.99. The molecule has 1 aromatic carbocycles. The second-order valence-electron chi connectivity index (χ2n) is 2.91. The van der Waals surface area contributed by atoms with E-state index in [1.165, 1.54) is 12.1 Å². The van der Waals surface area contributed by atoms with E-state index in [0.717, 1.165) is 6.07 Å². The quantitative estimate of drug-likeness (QED) is 0.787. The van der Waals surface area contributed by atoms with Crippen LogP contribution in [-0.4, -0.2) is 17.8 Å². The molecule has 0 bridgehead atoms. The zero-order valence-electron chi connectivity index (χ0n) is 8.46. The topological polar surface area (TPSA) is 82.0 Å². The SMILES string of the molecule is N#Cc1c(F)cccc1NC(=O)NC(=O)CCl. The van der Waals surface area contributed by atoms with E-state index >= 15 is 0 Å². The number of rotatable bonds is 2. The molecule has 0 spiro atoms. The molecule has 0 unspecified atom stereocenters. The Kier molecular flexibility index (Phi) is 4.43. The van der Waals surface area contributed by atoms with Crippen molar-refractivity contribution in [2.75, 3.05) is 11.2 Å². The van der Waals surface area contributed by atoms with Crippen molar-refractivity contribution < 1.29 is 14.0 Å². The predicted molar refractivity (Wildman–Crippen MR) is 59.0 cm³/mol. The molecular weight excluding hydrogens is 249 g/mol. The first kappa shape index (κ1) is 12.9. The lowest BCUT2D eigenvalue weighted by Crippen LogP contribution is -2.35. The van der Waals surface area contributed by atoms with Crippen molar-refractivity contribution in [3.05, 3.63) is 29.6 Å². The highest BCUT2D eigenvalue weighted by Crippen LogP contribution is 2.17. The highest BCUT2D eigenvalue weighted by Gasteiger charge is 2.11. The van der Waals surface area contributed by atoms with Gasteiger partial charge in [0.1, 0.15) is 23.3 Å². The summed E-state index contributed by atoms with van der Waals surface area (Å²) in [6.45, 7) is 0. The van der Waals surface area contributed by atoms with Gasteiger partial charge in [0.25, 0.3) is 0 Å². The van der Waals surface area contributed by atoms with Gasteiger partial charge in [-0.05, 0) is 12.1 Å². The first-order chi connectivity index (χ1) is 8.08. The smallest absolute Gasteiger partial charge is 0.306 e. The number of amides is 3. The molecule has 0 aliphatic rings. The highest BCUT2D eigenvalue weighted by molar-refractivity contribution is 6.28. The maximum absolute atomic E-state index is 13.1. The third-order valence-electron chi connectivity index (χ3n) is 1.75. The largest absolute Gasteiger partial charge is 0.325 e. The number of halogens is 2. The van der Waals surface area contributed by atoms with Crippen LogP contribution in [0.5, 0.6) is 0 Å². The molecule has 0 atom stereocenters. The van der Waals surface area contributed by atoms with Crippen molar-refractivity contribution in [3.8, 4) is 6.07 Å². The molecule has 88 valence electrons. The molecule has 1 rings (SSSR count). The maximum Gasteiger partial charge on any atom is 0.325 e. The van der Waals surface area contributed by atoms with Gasteiger partial charge in [0.15, 0.2) is 0 Å². The van der Waals surface area contributed by atoms with Gasteiger partial charge in [-0.2, -0.15) is 5.26 Å².